The van der Waals surface area contributed by atoms with Gasteiger partial charge in [-0.1, -0.05) is 54.6 Å². The number of aliphatic hydroxyl groups excluding tert-OH is 1. The molecule has 0 bridgehead atoms. The molecule has 2 aromatic carbocycles. The zero-order valence-corrected chi connectivity index (χ0v) is 10.5. The van der Waals surface area contributed by atoms with Crippen LogP contribution >= 0.6 is 0 Å². The lowest BCUT2D eigenvalue weighted by Crippen LogP contribution is -2.06. The summed E-state index contributed by atoms with van der Waals surface area (Å²) in [6.07, 6.45) is 0.139. The average Bonchev–Trinajstić information content (AvgIpc) is 2.41. The molecule has 0 heterocycles. The second kappa shape index (κ2) is 6.34. The molecule has 1 atom stereocenters. The largest absolute Gasteiger partial charge is 0.388 e. The Kier molecular flexibility index (Phi) is 4.51. The molecule has 2 aromatic rings. The van der Waals surface area contributed by atoms with E-state index in [-0.39, 0.29) is 0 Å². The molecule has 18 heavy (non-hydrogen) atoms. The first-order valence-corrected chi connectivity index (χ1v) is 6.10. The molecule has 1 unspecified atom stereocenters. The number of benzene rings is 2. The molecule has 94 valence electrons. The topological polar surface area (TPSA) is 29.5 Å². The van der Waals surface area contributed by atoms with Crippen molar-refractivity contribution in [3.8, 4) is 0 Å². The summed E-state index contributed by atoms with van der Waals surface area (Å²) in [6.45, 7) is 0.530. The molecule has 2 heteroatoms. The first-order valence-electron chi connectivity index (χ1n) is 6.10. The third kappa shape index (κ3) is 3.19. The van der Waals surface area contributed by atoms with Crippen LogP contribution in [0.4, 0.5) is 0 Å². The Morgan fingerprint density at radius 1 is 1.00 bits per heavy atom. The predicted molar refractivity (Wildman–Crippen MR) is 72.3 cm³/mol. The fourth-order valence-electron chi connectivity index (χ4n) is 2.09. The van der Waals surface area contributed by atoms with Crippen LogP contribution in [0.2, 0.25) is 0 Å². The predicted octanol–water partition coefficient (Wildman–Crippen LogP) is 3.11. The van der Waals surface area contributed by atoms with Gasteiger partial charge in [0.1, 0.15) is 0 Å². The lowest BCUT2D eigenvalue weighted by molar-refractivity contribution is 0.161. The second-order valence-corrected chi connectivity index (χ2v) is 4.34. The van der Waals surface area contributed by atoms with E-state index in [0.717, 1.165) is 16.7 Å². The maximum Gasteiger partial charge on any atom is 0.0833 e. The first-order chi connectivity index (χ1) is 8.81. The van der Waals surface area contributed by atoms with Gasteiger partial charge in [-0.3, -0.25) is 0 Å². The minimum absolute atomic E-state index is 0.487. The highest BCUT2D eigenvalue weighted by Gasteiger charge is 2.12. The molecule has 0 aliphatic heterocycles. The zero-order chi connectivity index (χ0) is 12.8. The van der Waals surface area contributed by atoms with Gasteiger partial charge in [-0.15, -0.1) is 0 Å². The fraction of sp³-hybridized carbons (Fsp3) is 0.250. The maximum atomic E-state index is 10.3. The monoisotopic (exact) mass is 242 g/mol. The molecule has 0 aliphatic carbocycles. The smallest absolute Gasteiger partial charge is 0.0833 e. The van der Waals surface area contributed by atoms with Crippen molar-refractivity contribution < 1.29 is 9.84 Å². The van der Waals surface area contributed by atoms with Crippen LogP contribution in [0.1, 0.15) is 22.8 Å². The van der Waals surface area contributed by atoms with Crippen LogP contribution in [0.25, 0.3) is 0 Å². The summed E-state index contributed by atoms with van der Waals surface area (Å²) in [5, 5.41) is 10.3. The molecule has 2 nitrogen and oxygen atoms in total. The molecule has 2 rings (SSSR count). The van der Waals surface area contributed by atoms with Gasteiger partial charge in [0.15, 0.2) is 0 Å². The average molecular weight is 242 g/mol. The van der Waals surface area contributed by atoms with E-state index in [0.29, 0.717) is 13.0 Å². The van der Waals surface area contributed by atoms with Crippen LogP contribution in [-0.4, -0.2) is 12.2 Å². The minimum Gasteiger partial charge on any atom is -0.388 e. The summed E-state index contributed by atoms with van der Waals surface area (Å²) in [4.78, 5) is 0. The van der Waals surface area contributed by atoms with E-state index in [4.69, 9.17) is 4.74 Å². The van der Waals surface area contributed by atoms with Gasteiger partial charge < -0.3 is 9.84 Å². The molecule has 0 radical (unpaired) electrons. The standard InChI is InChI=1S/C16H18O2/c1-18-12-14-9-5-6-10-15(14)16(17)11-13-7-3-2-4-8-13/h2-10,16-17H,11-12H2,1H3. The van der Waals surface area contributed by atoms with E-state index in [9.17, 15) is 5.11 Å². The zero-order valence-electron chi connectivity index (χ0n) is 10.5. The van der Waals surface area contributed by atoms with Gasteiger partial charge in [0.05, 0.1) is 12.7 Å². The summed E-state index contributed by atoms with van der Waals surface area (Å²) >= 11 is 0. The van der Waals surface area contributed by atoms with Crippen LogP contribution in [-0.2, 0) is 17.8 Å². The highest BCUT2D eigenvalue weighted by Crippen LogP contribution is 2.22. The number of ether oxygens (including phenoxy) is 1. The third-order valence-electron chi connectivity index (χ3n) is 2.99. The van der Waals surface area contributed by atoms with E-state index in [2.05, 4.69) is 0 Å². The van der Waals surface area contributed by atoms with Crippen molar-refractivity contribution in [3.05, 3.63) is 71.3 Å². The van der Waals surface area contributed by atoms with Gasteiger partial charge in [0, 0.05) is 13.5 Å². The van der Waals surface area contributed by atoms with Crippen molar-refractivity contribution in [1.82, 2.24) is 0 Å². The highest BCUT2D eigenvalue weighted by molar-refractivity contribution is 5.30. The molecule has 0 amide bonds. The normalized spacial score (nSPS) is 12.3. The van der Waals surface area contributed by atoms with Crippen LogP contribution in [0.15, 0.2) is 54.6 Å². The van der Waals surface area contributed by atoms with Crippen LogP contribution in [0.3, 0.4) is 0 Å². The van der Waals surface area contributed by atoms with Gasteiger partial charge in [-0.05, 0) is 16.7 Å². The second-order valence-electron chi connectivity index (χ2n) is 4.34. The maximum absolute atomic E-state index is 10.3. The van der Waals surface area contributed by atoms with E-state index >= 15 is 0 Å². The number of aliphatic hydroxyl groups is 1. The summed E-state index contributed by atoms with van der Waals surface area (Å²) in [5.74, 6) is 0. The molecular weight excluding hydrogens is 224 g/mol. The Labute approximate surface area is 108 Å². The minimum atomic E-state index is -0.487. The van der Waals surface area contributed by atoms with Crippen molar-refractivity contribution >= 4 is 0 Å². The molecule has 0 fully saturated rings. The molecule has 1 N–H and O–H groups in total. The van der Waals surface area contributed by atoms with Crippen molar-refractivity contribution in [3.63, 3.8) is 0 Å². The lowest BCUT2D eigenvalue weighted by Gasteiger charge is -2.15. The third-order valence-corrected chi connectivity index (χ3v) is 2.99. The van der Waals surface area contributed by atoms with Gasteiger partial charge in [0.2, 0.25) is 0 Å². The Morgan fingerprint density at radius 2 is 1.67 bits per heavy atom. The Bertz CT molecular complexity index is 479. The molecule has 0 spiro atoms. The molecule has 0 aromatic heterocycles. The van der Waals surface area contributed by atoms with E-state index < -0.39 is 6.10 Å². The van der Waals surface area contributed by atoms with Gasteiger partial charge >= 0.3 is 0 Å². The molecular formula is C16H18O2. The summed E-state index contributed by atoms with van der Waals surface area (Å²) in [6, 6.07) is 17.9. The summed E-state index contributed by atoms with van der Waals surface area (Å²) in [7, 11) is 1.67. The van der Waals surface area contributed by atoms with Crippen molar-refractivity contribution in [2.45, 2.75) is 19.1 Å². The van der Waals surface area contributed by atoms with Gasteiger partial charge in [0.25, 0.3) is 0 Å². The number of hydrogen-bond donors (Lipinski definition) is 1. The SMILES string of the molecule is COCc1ccccc1C(O)Cc1ccccc1. The summed E-state index contributed by atoms with van der Waals surface area (Å²) < 4.78 is 5.16. The Hall–Kier alpha value is -1.64. The van der Waals surface area contributed by atoms with Crippen molar-refractivity contribution in [2.24, 2.45) is 0 Å². The lowest BCUT2D eigenvalue weighted by atomic mass is 9.97. The Balaban J connectivity index is 2.16. The quantitative estimate of drug-likeness (QED) is 0.873. The number of methoxy groups -OCH3 is 1. The van der Waals surface area contributed by atoms with Gasteiger partial charge in [-0.2, -0.15) is 0 Å². The fourth-order valence-corrected chi connectivity index (χ4v) is 2.09. The first kappa shape index (κ1) is 12.8. The van der Waals surface area contributed by atoms with Crippen LogP contribution in [0, 0.1) is 0 Å². The highest BCUT2D eigenvalue weighted by atomic mass is 16.5. The molecule has 0 aliphatic rings. The van der Waals surface area contributed by atoms with E-state index in [1.54, 1.807) is 7.11 Å². The van der Waals surface area contributed by atoms with E-state index in [1.165, 1.54) is 0 Å². The van der Waals surface area contributed by atoms with Crippen molar-refractivity contribution in [1.29, 1.82) is 0 Å². The Morgan fingerprint density at radius 3 is 2.39 bits per heavy atom. The van der Waals surface area contributed by atoms with E-state index in [1.807, 2.05) is 54.6 Å². The van der Waals surface area contributed by atoms with Crippen molar-refractivity contribution in [2.75, 3.05) is 7.11 Å². The molecule has 0 saturated heterocycles. The summed E-state index contributed by atoms with van der Waals surface area (Å²) in [5.41, 5.74) is 3.13. The number of hydrogen-bond acceptors (Lipinski definition) is 2. The van der Waals surface area contributed by atoms with Crippen LogP contribution < -0.4 is 0 Å². The van der Waals surface area contributed by atoms with Gasteiger partial charge in [-0.25, -0.2) is 0 Å². The van der Waals surface area contributed by atoms with Crippen LogP contribution in [0.5, 0.6) is 0 Å². The number of rotatable bonds is 5. The molecule has 0 saturated carbocycles.